The number of ether oxygens (including phenoxy) is 6. The highest BCUT2D eigenvalue weighted by Crippen LogP contribution is 2.60. The number of aliphatic hydroxyl groups is 1. The van der Waals surface area contributed by atoms with Crippen LogP contribution >= 0.6 is 0 Å². The van der Waals surface area contributed by atoms with E-state index in [1.54, 1.807) is 43.0 Å². The molecule has 0 unspecified atom stereocenters. The van der Waals surface area contributed by atoms with Crippen molar-refractivity contribution in [2.45, 2.75) is 218 Å². The summed E-state index contributed by atoms with van der Waals surface area (Å²) in [6, 6.07) is 26.8. The fourth-order valence-corrected chi connectivity index (χ4v) is 18.9. The van der Waals surface area contributed by atoms with Gasteiger partial charge in [0, 0.05) is 75.0 Å². The summed E-state index contributed by atoms with van der Waals surface area (Å²) in [6.45, 7) is 13.1. The second-order valence-corrected chi connectivity index (χ2v) is 35.1. The van der Waals surface area contributed by atoms with Crippen LogP contribution in [-0.2, 0) is 113 Å². The normalized spacial score (nSPS) is 20.4. The van der Waals surface area contributed by atoms with E-state index in [0.29, 0.717) is 82.6 Å². The molecular formula is C96H127N11O20. The van der Waals surface area contributed by atoms with Gasteiger partial charge in [-0.15, -0.1) is 0 Å². The number of primary amides is 1. The fourth-order valence-electron chi connectivity index (χ4n) is 18.9. The molecule has 127 heavy (non-hydrogen) atoms. The predicted molar refractivity (Wildman–Crippen MR) is 475 cm³/mol. The molecule has 0 radical (unpaired) electrons. The number of methoxy groups -OCH3 is 1. The summed E-state index contributed by atoms with van der Waals surface area (Å²) in [5, 5.41) is 45.5. The van der Waals surface area contributed by atoms with Gasteiger partial charge in [0.25, 0.3) is 0 Å². The number of para-hydroxylation sites is 1. The number of carbonyl (C=O) groups excluding carboxylic acids is 12. The molecule has 1 aliphatic heterocycles. The number of carbonyl (C=O) groups is 12. The van der Waals surface area contributed by atoms with Crippen LogP contribution in [0, 0.1) is 40.4 Å². The Morgan fingerprint density at radius 1 is 0.535 bits per heavy atom. The second kappa shape index (κ2) is 47.1. The Balaban J connectivity index is 0.635. The highest BCUT2D eigenvalue weighted by atomic mass is 16.6. The van der Waals surface area contributed by atoms with E-state index in [0.717, 1.165) is 77.6 Å². The molecule has 1 heterocycles. The zero-order chi connectivity index (χ0) is 91.3. The summed E-state index contributed by atoms with van der Waals surface area (Å²) in [4.78, 5) is 165. The van der Waals surface area contributed by atoms with E-state index < -0.39 is 94.6 Å². The van der Waals surface area contributed by atoms with Gasteiger partial charge in [-0.05, 0) is 206 Å². The minimum absolute atomic E-state index is 0.00113. The number of fused-ring (bicyclic) bond motifs is 8. The van der Waals surface area contributed by atoms with Crippen LogP contribution in [0.1, 0.15) is 202 Å². The summed E-state index contributed by atoms with van der Waals surface area (Å²) < 4.78 is 32.9. The minimum atomic E-state index is -1.43. The third-order valence-corrected chi connectivity index (χ3v) is 25.8. The number of rotatable bonds is 46. The number of benzene rings is 5. The maximum atomic E-state index is 14.9. The van der Waals surface area contributed by atoms with Crippen molar-refractivity contribution in [2.24, 2.45) is 34.3 Å². The van der Waals surface area contributed by atoms with Crippen LogP contribution in [-0.4, -0.2) is 192 Å². The molecule has 5 aromatic carbocycles. The summed E-state index contributed by atoms with van der Waals surface area (Å²) in [5.41, 5.74) is 11.6. The van der Waals surface area contributed by atoms with Crippen molar-refractivity contribution in [3.05, 3.63) is 154 Å². The number of alkyl carbamates (subject to hydrolysis) is 1. The quantitative estimate of drug-likeness (QED) is 0.00982. The third-order valence-electron chi connectivity index (χ3n) is 25.8. The highest BCUT2D eigenvalue weighted by molar-refractivity contribution is 6.02. The second-order valence-electron chi connectivity index (χ2n) is 35.1. The minimum Gasteiger partial charge on any atom is -0.508 e. The number of hydrogen-bond acceptors (Lipinski definition) is 20. The first kappa shape index (κ1) is 98.0. The molecule has 10 atom stereocenters. The van der Waals surface area contributed by atoms with Crippen molar-refractivity contribution in [1.82, 2.24) is 37.2 Å². The van der Waals surface area contributed by atoms with Crippen LogP contribution in [0.2, 0.25) is 0 Å². The SMILES string of the molecule is COCC(=O)NCCCC[C@@H](NC(=O)CCOCCOCCOCCOCCCC(=O)CCC(=O)N1Cc2ccccc2C#Cc2ccccc21)C(=O)N[C@H](C(=O)N[C@@H](CCCNC(N)=O)C(=O)Nc1ccc(COC(=O)N[C@@H](CO)C(=O)Nc2ccc3c(c2)[C@@]2(C)CCC[C@](C)(C(=O)NC(=O)[C@@]4(C)CCC[C@]5(C)c6cc(O)ccc6CC[C@@H]45)[C@@H]2CC3)cc1)C(C)C. The molecule has 31 heteroatoms. The van der Waals surface area contributed by atoms with Crippen LogP contribution in [0.3, 0.4) is 0 Å². The van der Waals surface area contributed by atoms with Crippen LogP contribution in [0.5, 0.6) is 5.75 Å². The molecule has 12 amide bonds. The molecular weight excluding hydrogens is 1630 g/mol. The smallest absolute Gasteiger partial charge is 0.408 e. The Kier molecular flexibility index (Phi) is 36.3. The third kappa shape index (κ3) is 26.8. The molecule has 4 aliphatic carbocycles. The van der Waals surface area contributed by atoms with Crippen molar-refractivity contribution in [3.63, 3.8) is 0 Å². The van der Waals surface area contributed by atoms with E-state index in [1.807, 2.05) is 86.6 Å². The van der Waals surface area contributed by atoms with Gasteiger partial charge < -0.3 is 91.8 Å². The molecule has 13 N–H and O–H groups in total. The van der Waals surface area contributed by atoms with Gasteiger partial charge >= 0.3 is 12.1 Å². The van der Waals surface area contributed by atoms with E-state index in [4.69, 9.17) is 34.2 Å². The lowest BCUT2D eigenvalue weighted by molar-refractivity contribution is -0.150. The van der Waals surface area contributed by atoms with Crippen molar-refractivity contribution in [3.8, 4) is 17.6 Å². The Morgan fingerprint density at radius 3 is 1.75 bits per heavy atom. The number of nitrogens with two attached hydrogens (primary N) is 1. The number of nitrogens with zero attached hydrogens (tertiary/aromatic N) is 1. The summed E-state index contributed by atoms with van der Waals surface area (Å²) in [7, 11) is 1.39. The van der Waals surface area contributed by atoms with Crippen molar-refractivity contribution in [1.29, 1.82) is 0 Å². The largest absolute Gasteiger partial charge is 0.508 e. The monoisotopic (exact) mass is 1750 g/mol. The van der Waals surface area contributed by atoms with Crippen LogP contribution in [0.15, 0.2) is 109 Å². The first-order valence-corrected chi connectivity index (χ1v) is 44.5. The summed E-state index contributed by atoms with van der Waals surface area (Å²) >= 11 is 0. The number of imide groups is 1. The van der Waals surface area contributed by atoms with Gasteiger partial charge in [0.15, 0.2) is 0 Å². The number of unbranched alkanes of at least 4 members (excludes halogenated alkanes) is 1. The Labute approximate surface area is 743 Å². The predicted octanol–water partition coefficient (Wildman–Crippen LogP) is 8.94. The van der Waals surface area contributed by atoms with Crippen molar-refractivity contribution < 1.29 is 96.2 Å². The number of amides is 12. The van der Waals surface area contributed by atoms with Crippen LogP contribution in [0.4, 0.5) is 26.7 Å². The van der Waals surface area contributed by atoms with Gasteiger partial charge in [-0.3, -0.25) is 53.3 Å². The number of nitrogens with one attached hydrogen (secondary N) is 9. The lowest BCUT2D eigenvalue weighted by Crippen LogP contribution is -2.60. The topological polar surface area (TPSA) is 438 Å². The Hall–Kier alpha value is -11.1. The number of aromatic hydroxyl groups is 1. The molecule has 0 spiro atoms. The lowest BCUT2D eigenvalue weighted by atomic mass is 9.49. The number of aryl methyl sites for hydroxylation is 2. The average molecular weight is 1760 g/mol. The van der Waals surface area contributed by atoms with Gasteiger partial charge in [0.2, 0.25) is 53.2 Å². The number of phenolic OH excluding ortho intramolecular Hbond substituents is 1. The maximum Gasteiger partial charge on any atom is 0.408 e. The van der Waals surface area contributed by atoms with Crippen molar-refractivity contribution >= 4 is 88.1 Å². The molecule has 2 fully saturated rings. The van der Waals surface area contributed by atoms with E-state index in [9.17, 15) is 67.7 Å². The Morgan fingerprint density at radius 2 is 1.10 bits per heavy atom. The number of anilines is 3. The van der Waals surface area contributed by atoms with E-state index in [1.165, 1.54) is 24.8 Å². The molecule has 5 aromatic rings. The molecule has 31 nitrogen and oxygen atoms in total. The van der Waals surface area contributed by atoms with Gasteiger partial charge in [0.05, 0.1) is 75.9 Å². The number of aliphatic hydroxyl groups excluding tert-OH is 1. The Bertz CT molecular complexity index is 4760. The highest BCUT2D eigenvalue weighted by Gasteiger charge is 2.59. The number of urea groups is 1. The number of hydrogen-bond donors (Lipinski definition) is 12. The van der Waals surface area contributed by atoms with E-state index >= 15 is 0 Å². The van der Waals surface area contributed by atoms with Gasteiger partial charge in [-0.1, -0.05) is 121 Å². The lowest BCUT2D eigenvalue weighted by Gasteiger charge is -2.56. The summed E-state index contributed by atoms with van der Waals surface area (Å²) in [6.07, 6.45) is 8.34. The molecule has 0 bridgehead atoms. The fraction of sp³-hybridized carbons (Fsp3) is 0.542. The zero-order valence-electron chi connectivity index (χ0n) is 74.2. The van der Waals surface area contributed by atoms with Crippen LogP contribution in [0.25, 0.3) is 0 Å². The van der Waals surface area contributed by atoms with Gasteiger partial charge in [-0.25, -0.2) is 9.59 Å². The number of ketones is 1. The molecule has 0 aromatic heterocycles. The number of Topliss-reactive ketones (excluding diaryl/α,β-unsaturated/α-hetero) is 1. The van der Waals surface area contributed by atoms with Crippen molar-refractivity contribution in [2.75, 3.05) is 102 Å². The zero-order valence-corrected chi connectivity index (χ0v) is 74.2. The van der Waals surface area contributed by atoms with E-state index in [-0.39, 0.29) is 162 Å². The molecule has 10 rings (SSSR count). The first-order valence-electron chi connectivity index (χ1n) is 44.5. The van der Waals surface area contributed by atoms with E-state index in [2.05, 4.69) is 73.5 Å². The van der Waals surface area contributed by atoms with Gasteiger partial charge in [0.1, 0.15) is 48.9 Å². The van der Waals surface area contributed by atoms with Crippen LogP contribution < -0.4 is 58.5 Å². The number of phenols is 1. The standard InChI is InChI=1S/C96H127N11O20/c1-62(2)84(105-86(115)75(22-12-13-46-98-82(112)61-122-7)102-81(111)41-49-124-51-53-126-55-54-125-52-50-123-48-15-21-71(109)37-40-83(113)107-58-68-20-9-8-18-64(68)27-28-67-19-10-11-24-78(67)107)88(117)103-76(23-14-47-99-91(97)120)85(114)100-69-33-25-63(26-34-69)60-127-92(121)104-77(59-108)87(116)101-70-35-29-65-31-38-79-93(3,73(65)56-70)42-16-44-95(79,5)89(118)106-90(119)96(6)45-17-43-94(4)74-57-72(110)36-30-66(74)32-39-80(94)96/h8-11,18-20,24-26,29-30,33-36,56-57,62,75-77,79-80,84,108,110H,12-17,21-23,31-32,37-55,58-61H2,1-7H3,(H,98,112)(H,100,114)(H,101,116)(H,102,111)(H,103,117)(H,104,121)(H,105,115)(H3,97,99,120)(H,106,118,119)/t75-,76+,77+,79-,80-,84+,93-,94-,95+,96+/m1/s1. The molecule has 0 saturated heterocycles. The molecule has 2 saturated carbocycles. The first-order chi connectivity index (χ1) is 61.0. The maximum absolute atomic E-state index is 14.9. The average Bonchev–Trinajstić information content (AvgIpc) is 0.719. The molecule has 5 aliphatic rings. The molecule has 686 valence electrons. The van der Waals surface area contributed by atoms with Gasteiger partial charge in [-0.2, -0.15) is 0 Å². The summed E-state index contributed by atoms with van der Waals surface area (Å²) in [5.74, 6) is 1.57.